The molecular formula is C13H25N3O2. The van der Waals surface area contributed by atoms with Crippen LogP contribution in [-0.2, 0) is 4.79 Å². The molecule has 1 aliphatic rings. The summed E-state index contributed by atoms with van der Waals surface area (Å²) in [6, 6.07) is -0.639. The minimum absolute atomic E-state index is 0.210. The van der Waals surface area contributed by atoms with Crippen molar-refractivity contribution in [2.45, 2.75) is 46.1 Å². The minimum atomic E-state index is -0.404. The van der Waals surface area contributed by atoms with Crippen LogP contribution in [0.4, 0.5) is 4.79 Å². The summed E-state index contributed by atoms with van der Waals surface area (Å²) in [6.07, 6.45) is 3.54. The van der Waals surface area contributed by atoms with E-state index in [0.29, 0.717) is 12.5 Å². The first kappa shape index (κ1) is 15.0. The topological polar surface area (TPSA) is 61.4 Å². The van der Waals surface area contributed by atoms with Crippen LogP contribution in [0, 0.1) is 5.92 Å². The Bertz CT molecular complexity index is 294. The van der Waals surface area contributed by atoms with Gasteiger partial charge in [-0.1, -0.05) is 13.3 Å². The van der Waals surface area contributed by atoms with Crippen LogP contribution in [0.3, 0.4) is 0 Å². The summed E-state index contributed by atoms with van der Waals surface area (Å²) in [4.78, 5) is 25.4. The Hall–Kier alpha value is -1.10. The highest BCUT2D eigenvalue weighted by Crippen LogP contribution is 2.20. The number of amides is 3. The highest BCUT2D eigenvalue weighted by atomic mass is 16.2. The van der Waals surface area contributed by atoms with Gasteiger partial charge in [0.15, 0.2) is 0 Å². The molecule has 3 amide bonds. The molecule has 0 aliphatic carbocycles. The van der Waals surface area contributed by atoms with Crippen molar-refractivity contribution in [1.82, 2.24) is 15.5 Å². The molecule has 1 rings (SSSR count). The normalized spacial score (nSPS) is 22.3. The Labute approximate surface area is 109 Å². The van der Waals surface area contributed by atoms with Crippen LogP contribution in [0.5, 0.6) is 0 Å². The molecule has 104 valence electrons. The van der Waals surface area contributed by atoms with E-state index >= 15 is 0 Å². The fourth-order valence-electron chi connectivity index (χ4n) is 2.37. The molecule has 0 spiro atoms. The molecule has 0 aromatic rings. The van der Waals surface area contributed by atoms with Crippen LogP contribution < -0.4 is 10.6 Å². The fraction of sp³-hybridized carbons (Fsp3) is 0.846. The van der Waals surface area contributed by atoms with Crippen molar-refractivity contribution < 1.29 is 9.59 Å². The number of hydrogen-bond acceptors (Lipinski definition) is 3. The molecule has 1 heterocycles. The number of piperidine rings is 1. The van der Waals surface area contributed by atoms with Crippen molar-refractivity contribution >= 4 is 11.9 Å². The lowest BCUT2D eigenvalue weighted by molar-refractivity contribution is -0.125. The van der Waals surface area contributed by atoms with Crippen molar-refractivity contribution in [3.8, 4) is 0 Å². The zero-order chi connectivity index (χ0) is 13.5. The molecule has 2 N–H and O–H groups in total. The Morgan fingerprint density at radius 1 is 1.39 bits per heavy atom. The van der Waals surface area contributed by atoms with Crippen LogP contribution in [0.25, 0.3) is 0 Å². The minimum Gasteiger partial charge on any atom is -0.338 e. The zero-order valence-electron chi connectivity index (χ0n) is 11.7. The van der Waals surface area contributed by atoms with Crippen molar-refractivity contribution in [3.63, 3.8) is 0 Å². The first-order valence-corrected chi connectivity index (χ1v) is 6.91. The Morgan fingerprint density at radius 3 is 2.72 bits per heavy atom. The number of nitrogens with zero attached hydrogens (tertiary/aromatic N) is 1. The number of hydrogen-bond donors (Lipinski definition) is 2. The molecule has 1 saturated heterocycles. The van der Waals surface area contributed by atoms with Gasteiger partial charge in [-0.3, -0.25) is 15.0 Å². The number of nitrogens with one attached hydrogen (secondary N) is 2. The van der Waals surface area contributed by atoms with Crippen molar-refractivity contribution in [3.05, 3.63) is 0 Å². The SMILES string of the molecule is CCNC(=O)NC(=O)C(C)N1CCCC(CC)C1. The summed E-state index contributed by atoms with van der Waals surface area (Å²) in [5.41, 5.74) is 0. The molecule has 5 heteroatoms. The Kier molecular flexibility index (Phi) is 6.12. The van der Waals surface area contributed by atoms with Crippen LogP contribution in [0.1, 0.15) is 40.0 Å². The van der Waals surface area contributed by atoms with Gasteiger partial charge in [0.1, 0.15) is 0 Å². The fourth-order valence-corrected chi connectivity index (χ4v) is 2.37. The van der Waals surface area contributed by atoms with E-state index in [2.05, 4.69) is 22.5 Å². The summed E-state index contributed by atoms with van der Waals surface area (Å²) < 4.78 is 0. The first-order chi connectivity index (χ1) is 8.58. The third-order valence-corrected chi connectivity index (χ3v) is 3.63. The number of carbonyl (C=O) groups excluding carboxylic acids is 2. The lowest BCUT2D eigenvalue weighted by Gasteiger charge is -2.35. The van der Waals surface area contributed by atoms with E-state index in [1.807, 2.05) is 13.8 Å². The second kappa shape index (κ2) is 7.36. The van der Waals surface area contributed by atoms with E-state index in [1.165, 1.54) is 6.42 Å². The predicted octanol–water partition coefficient (Wildman–Crippen LogP) is 1.34. The van der Waals surface area contributed by atoms with Gasteiger partial charge in [-0.2, -0.15) is 0 Å². The van der Waals surface area contributed by atoms with Crippen LogP contribution in [0.15, 0.2) is 0 Å². The second-order valence-corrected chi connectivity index (χ2v) is 4.94. The number of rotatable bonds is 4. The number of carbonyl (C=O) groups is 2. The van der Waals surface area contributed by atoms with Gasteiger partial charge in [0.05, 0.1) is 6.04 Å². The molecule has 0 radical (unpaired) electrons. The third-order valence-electron chi connectivity index (χ3n) is 3.63. The maximum absolute atomic E-state index is 11.9. The van der Waals surface area contributed by atoms with E-state index < -0.39 is 6.03 Å². The van der Waals surface area contributed by atoms with Crippen molar-refractivity contribution in [1.29, 1.82) is 0 Å². The zero-order valence-corrected chi connectivity index (χ0v) is 11.7. The van der Waals surface area contributed by atoms with Gasteiger partial charge < -0.3 is 5.32 Å². The summed E-state index contributed by atoms with van der Waals surface area (Å²) in [5, 5.41) is 4.94. The maximum atomic E-state index is 11.9. The number of urea groups is 1. The largest absolute Gasteiger partial charge is 0.338 e. The molecule has 0 saturated carbocycles. The molecule has 18 heavy (non-hydrogen) atoms. The van der Waals surface area contributed by atoms with E-state index in [9.17, 15) is 9.59 Å². The van der Waals surface area contributed by atoms with Crippen LogP contribution in [0.2, 0.25) is 0 Å². The lowest BCUT2D eigenvalue weighted by atomic mass is 9.94. The van der Waals surface area contributed by atoms with Gasteiger partial charge in [0.2, 0.25) is 5.91 Å². The summed E-state index contributed by atoms with van der Waals surface area (Å²) in [6.45, 7) is 8.31. The van der Waals surface area contributed by atoms with Crippen molar-refractivity contribution in [2.75, 3.05) is 19.6 Å². The summed E-state index contributed by atoms with van der Waals surface area (Å²) >= 11 is 0. The van der Waals surface area contributed by atoms with Gasteiger partial charge in [-0.25, -0.2) is 4.79 Å². The molecule has 0 aromatic carbocycles. The molecule has 0 aromatic heterocycles. The smallest absolute Gasteiger partial charge is 0.321 e. The molecule has 0 bridgehead atoms. The summed E-state index contributed by atoms with van der Waals surface area (Å²) in [5.74, 6) is 0.469. The molecule has 1 aliphatic heterocycles. The number of likely N-dealkylation sites (tertiary alicyclic amines) is 1. The van der Waals surface area contributed by atoms with Crippen LogP contribution in [-0.4, -0.2) is 42.5 Å². The average Bonchev–Trinajstić information content (AvgIpc) is 2.38. The standard InChI is InChI=1S/C13H25N3O2/c1-4-11-7-6-8-16(9-11)10(3)12(17)15-13(18)14-5-2/h10-11H,4-9H2,1-3H3,(H2,14,15,17,18). The molecule has 5 nitrogen and oxygen atoms in total. The van der Waals surface area contributed by atoms with E-state index in [-0.39, 0.29) is 11.9 Å². The van der Waals surface area contributed by atoms with Gasteiger partial charge in [0, 0.05) is 13.1 Å². The quantitative estimate of drug-likeness (QED) is 0.797. The maximum Gasteiger partial charge on any atom is 0.321 e. The van der Waals surface area contributed by atoms with Crippen molar-refractivity contribution in [2.24, 2.45) is 5.92 Å². The molecule has 1 fully saturated rings. The monoisotopic (exact) mass is 255 g/mol. The predicted molar refractivity (Wildman–Crippen MR) is 71.3 cm³/mol. The Morgan fingerprint density at radius 2 is 2.11 bits per heavy atom. The van der Waals surface area contributed by atoms with E-state index in [1.54, 1.807) is 0 Å². The van der Waals surface area contributed by atoms with E-state index in [4.69, 9.17) is 0 Å². The van der Waals surface area contributed by atoms with E-state index in [0.717, 1.165) is 25.9 Å². The third kappa shape index (κ3) is 4.29. The molecule has 2 unspecified atom stereocenters. The number of imide groups is 1. The highest BCUT2D eigenvalue weighted by Gasteiger charge is 2.27. The first-order valence-electron chi connectivity index (χ1n) is 6.91. The van der Waals surface area contributed by atoms with Gasteiger partial charge >= 0.3 is 6.03 Å². The van der Waals surface area contributed by atoms with Gasteiger partial charge in [-0.05, 0) is 39.2 Å². The van der Waals surface area contributed by atoms with Crippen LogP contribution >= 0.6 is 0 Å². The molecule has 2 atom stereocenters. The highest BCUT2D eigenvalue weighted by molar-refractivity contribution is 5.96. The van der Waals surface area contributed by atoms with Gasteiger partial charge in [-0.15, -0.1) is 0 Å². The Balaban J connectivity index is 2.44. The summed E-state index contributed by atoms with van der Waals surface area (Å²) in [7, 11) is 0. The van der Waals surface area contributed by atoms with Gasteiger partial charge in [0.25, 0.3) is 0 Å². The average molecular weight is 255 g/mol. The second-order valence-electron chi connectivity index (χ2n) is 4.94. The molecular weight excluding hydrogens is 230 g/mol. The lowest BCUT2D eigenvalue weighted by Crippen LogP contribution is -2.52.